The van der Waals surface area contributed by atoms with Crippen LogP contribution in [0.15, 0.2) is 182 Å². The van der Waals surface area contributed by atoms with Crippen molar-refractivity contribution < 1.29 is 0 Å². The molecule has 2 heterocycles. The zero-order chi connectivity index (χ0) is 33.5. The number of para-hydroxylation sites is 1. The lowest BCUT2D eigenvalue weighted by Crippen LogP contribution is -2.10. The van der Waals surface area contributed by atoms with Gasteiger partial charge in [-0.05, 0) is 70.1 Å². The van der Waals surface area contributed by atoms with Crippen molar-refractivity contribution in [3.05, 3.63) is 182 Å². The molecule has 9 aromatic carbocycles. The molecule has 238 valence electrons. The van der Waals surface area contributed by atoms with E-state index in [1.54, 1.807) is 0 Å². The maximum atomic E-state index is 2.55. The van der Waals surface area contributed by atoms with E-state index in [4.69, 9.17) is 0 Å². The molecule has 0 unspecified atom stereocenters. The molecular weight excluding hydrogens is 637 g/mol. The van der Waals surface area contributed by atoms with Crippen molar-refractivity contribution in [3.8, 4) is 5.69 Å². The Balaban J connectivity index is 1.33. The molecule has 0 aliphatic carbocycles. The molecule has 0 saturated carbocycles. The summed E-state index contributed by atoms with van der Waals surface area (Å²) in [5, 5.41) is 12.7. The number of nitrogens with zero attached hydrogens (tertiary/aromatic N) is 2. The first-order valence-electron chi connectivity index (χ1n) is 17.4. The third kappa shape index (κ3) is 4.16. The van der Waals surface area contributed by atoms with Gasteiger partial charge in [0.05, 0.1) is 27.1 Å². The van der Waals surface area contributed by atoms with Crippen molar-refractivity contribution in [2.75, 3.05) is 4.90 Å². The van der Waals surface area contributed by atoms with Crippen LogP contribution in [0.1, 0.15) is 0 Å². The highest BCUT2D eigenvalue weighted by Gasteiger charge is 2.24. The number of anilines is 3. The number of fused-ring (bicyclic) bond motifs is 12. The maximum absolute atomic E-state index is 2.55. The number of aromatic nitrogens is 1. The van der Waals surface area contributed by atoms with Gasteiger partial charge in [-0.1, -0.05) is 133 Å². The van der Waals surface area contributed by atoms with Gasteiger partial charge in [0.15, 0.2) is 0 Å². The van der Waals surface area contributed by atoms with Gasteiger partial charge < -0.3 is 9.47 Å². The molecule has 0 atom stereocenters. The molecule has 0 radical (unpaired) electrons. The largest absolute Gasteiger partial charge is 0.310 e. The van der Waals surface area contributed by atoms with Gasteiger partial charge >= 0.3 is 0 Å². The zero-order valence-corrected chi connectivity index (χ0v) is 28.4. The summed E-state index contributed by atoms with van der Waals surface area (Å²) in [6, 6.07) is 66.5. The van der Waals surface area contributed by atoms with Gasteiger partial charge in [-0.3, -0.25) is 0 Å². The van der Waals surface area contributed by atoms with Gasteiger partial charge in [0, 0.05) is 48.4 Å². The Kier molecular flexibility index (Phi) is 6.16. The van der Waals surface area contributed by atoms with Crippen LogP contribution < -0.4 is 4.90 Å². The summed E-state index contributed by atoms with van der Waals surface area (Å²) in [7, 11) is 0. The maximum Gasteiger partial charge on any atom is 0.0726 e. The number of benzene rings is 9. The first-order chi connectivity index (χ1) is 25.3. The van der Waals surface area contributed by atoms with Crippen LogP contribution in [-0.4, -0.2) is 4.57 Å². The van der Waals surface area contributed by atoms with E-state index in [1.807, 2.05) is 11.3 Å². The fraction of sp³-hybridized carbons (Fsp3) is 0. The average Bonchev–Trinajstić information content (AvgIpc) is 3.75. The third-order valence-corrected chi connectivity index (χ3v) is 11.7. The lowest BCUT2D eigenvalue weighted by molar-refractivity contribution is 1.20. The van der Waals surface area contributed by atoms with Crippen molar-refractivity contribution in [2.45, 2.75) is 0 Å². The Morgan fingerprint density at radius 1 is 0.412 bits per heavy atom. The molecule has 0 saturated heterocycles. The first kappa shape index (κ1) is 28.4. The molecule has 11 aromatic rings. The second-order valence-corrected chi connectivity index (χ2v) is 14.3. The SMILES string of the molecule is c1ccc(N(c2ccc3c(c2)c2c4ccccc4c4c5ccccc5sc4c2n3-c2cccc3ccccc23)c2cccc3ccccc23)cc1. The summed E-state index contributed by atoms with van der Waals surface area (Å²) in [6.45, 7) is 0. The minimum absolute atomic E-state index is 1.13. The highest BCUT2D eigenvalue weighted by molar-refractivity contribution is 7.27. The summed E-state index contributed by atoms with van der Waals surface area (Å²) >= 11 is 1.91. The van der Waals surface area contributed by atoms with E-state index in [9.17, 15) is 0 Å². The van der Waals surface area contributed by atoms with Crippen molar-refractivity contribution in [1.29, 1.82) is 0 Å². The van der Waals surface area contributed by atoms with Crippen LogP contribution in [0.4, 0.5) is 17.1 Å². The van der Waals surface area contributed by atoms with Crippen molar-refractivity contribution in [2.24, 2.45) is 0 Å². The molecule has 0 N–H and O–H groups in total. The number of hydrogen-bond donors (Lipinski definition) is 0. The molecule has 0 fully saturated rings. The molecule has 51 heavy (non-hydrogen) atoms. The normalized spacial score (nSPS) is 11.9. The molecule has 2 aromatic heterocycles. The Labute approximate surface area is 298 Å². The third-order valence-electron chi connectivity index (χ3n) is 10.5. The topological polar surface area (TPSA) is 8.17 Å². The monoisotopic (exact) mass is 666 g/mol. The van der Waals surface area contributed by atoms with E-state index in [1.165, 1.54) is 80.0 Å². The molecule has 0 bridgehead atoms. The zero-order valence-electron chi connectivity index (χ0n) is 27.6. The Morgan fingerprint density at radius 3 is 1.82 bits per heavy atom. The first-order valence-corrected chi connectivity index (χ1v) is 18.3. The molecular formula is C48H30N2S. The van der Waals surface area contributed by atoms with Crippen LogP contribution in [0.5, 0.6) is 0 Å². The summed E-state index contributed by atoms with van der Waals surface area (Å²) in [5.41, 5.74) is 7.08. The molecule has 0 spiro atoms. The van der Waals surface area contributed by atoms with Gasteiger partial charge in [0.1, 0.15) is 0 Å². The summed E-state index contributed by atoms with van der Waals surface area (Å²) in [4.78, 5) is 2.42. The van der Waals surface area contributed by atoms with Crippen LogP contribution in [0, 0.1) is 0 Å². The summed E-state index contributed by atoms with van der Waals surface area (Å²) < 4.78 is 5.18. The van der Waals surface area contributed by atoms with Crippen molar-refractivity contribution in [3.63, 3.8) is 0 Å². The van der Waals surface area contributed by atoms with Gasteiger partial charge in [0.2, 0.25) is 0 Å². The molecule has 0 amide bonds. The fourth-order valence-electron chi connectivity index (χ4n) is 8.37. The van der Waals surface area contributed by atoms with E-state index in [0.717, 1.165) is 17.1 Å². The highest BCUT2D eigenvalue weighted by Crippen LogP contribution is 2.49. The molecule has 11 rings (SSSR count). The van der Waals surface area contributed by atoms with Crippen LogP contribution in [-0.2, 0) is 0 Å². The quantitative estimate of drug-likeness (QED) is 0.181. The van der Waals surface area contributed by atoms with Crippen molar-refractivity contribution >= 4 is 103 Å². The average molecular weight is 667 g/mol. The lowest BCUT2D eigenvalue weighted by atomic mass is 9.98. The van der Waals surface area contributed by atoms with Crippen LogP contribution >= 0.6 is 11.3 Å². The van der Waals surface area contributed by atoms with Gasteiger partial charge in [0.25, 0.3) is 0 Å². The Hall–Kier alpha value is -6.42. The molecule has 3 heteroatoms. The summed E-state index contributed by atoms with van der Waals surface area (Å²) in [5.74, 6) is 0. The second-order valence-electron chi connectivity index (χ2n) is 13.3. The van der Waals surface area contributed by atoms with E-state index < -0.39 is 0 Å². The predicted octanol–water partition coefficient (Wildman–Crippen LogP) is 14.1. The smallest absolute Gasteiger partial charge is 0.0726 e. The Morgan fingerprint density at radius 2 is 1.02 bits per heavy atom. The second kappa shape index (κ2) is 11.0. The van der Waals surface area contributed by atoms with E-state index in [2.05, 4.69) is 191 Å². The molecule has 2 nitrogen and oxygen atoms in total. The Bertz CT molecular complexity index is 3140. The van der Waals surface area contributed by atoms with Crippen LogP contribution in [0.3, 0.4) is 0 Å². The standard InChI is InChI=1S/C48H30N2S/c1-2-18-33(19-3-1)49(41-25-12-16-31-14-4-6-20-35(31)41)34-28-29-43-40(30-34)45-37-22-8-9-23-38(37)46-39-24-10-11-27-44(39)51-48(46)47(45)50(43)42-26-13-17-32-15-5-7-21-36(32)42/h1-30H. The minimum Gasteiger partial charge on any atom is -0.310 e. The van der Waals surface area contributed by atoms with Crippen molar-refractivity contribution in [1.82, 2.24) is 4.57 Å². The fourth-order valence-corrected chi connectivity index (χ4v) is 9.62. The number of thiophene rings is 1. The lowest BCUT2D eigenvalue weighted by Gasteiger charge is -2.27. The molecule has 0 aliphatic heterocycles. The van der Waals surface area contributed by atoms with Gasteiger partial charge in [-0.2, -0.15) is 0 Å². The van der Waals surface area contributed by atoms with E-state index >= 15 is 0 Å². The van der Waals surface area contributed by atoms with Crippen LogP contribution in [0.2, 0.25) is 0 Å². The van der Waals surface area contributed by atoms with E-state index in [0.29, 0.717) is 0 Å². The van der Waals surface area contributed by atoms with Crippen LogP contribution in [0.25, 0.3) is 80.0 Å². The number of hydrogen-bond acceptors (Lipinski definition) is 2. The summed E-state index contributed by atoms with van der Waals surface area (Å²) in [6.07, 6.45) is 0. The molecule has 0 aliphatic rings. The minimum atomic E-state index is 1.13. The number of rotatable bonds is 4. The highest BCUT2D eigenvalue weighted by atomic mass is 32.1. The van der Waals surface area contributed by atoms with Gasteiger partial charge in [-0.25, -0.2) is 0 Å². The predicted molar refractivity (Wildman–Crippen MR) is 221 cm³/mol. The van der Waals surface area contributed by atoms with Gasteiger partial charge in [-0.15, -0.1) is 11.3 Å². The van der Waals surface area contributed by atoms with E-state index in [-0.39, 0.29) is 0 Å².